The Morgan fingerprint density at radius 3 is 2.81 bits per heavy atom. The SMILES string of the molecule is Cc1cc(C)c2c(c1)cc(CN(Cc1cccnc1)C(=O)c1ccco1)c1nnnn12. The van der Waals surface area contributed by atoms with E-state index in [1.54, 1.807) is 33.9 Å². The molecule has 31 heavy (non-hydrogen) atoms. The maximum absolute atomic E-state index is 13.2. The Hall–Kier alpha value is -4.07. The predicted molar refractivity (Wildman–Crippen MR) is 114 cm³/mol. The largest absolute Gasteiger partial charge is 0.459 e. The van der Waals surface area contributed by atoms with Crippen molar-refractivity contribution in [1.82, 2.24) is 29.9 Å². The minimum Gasteiger partial charge on any atom is -0.459 e. The first-order valence-electron chi connectivity index (χ1n) is 9.93. The van der Waals surface area contributed by atoms with Crippen LogP contribution < -0.4 is 0 Å². The lowest BCUT2D eigenvalue weighted by Crippen LogP contribution is -2.30. The third-order valence-corrected chi connectivity index (χ3v) is 5.25. The molecule has 4 heterocycles. The smallest absolute Gasteiger partial charge is 0.290 e. The van der Waals surface area contributed by atoms with Crippen molar-refractivity contribution in [2.45, 2.75) is 26.9 Å². The average molecular weight is 412 g/mol. The Balaban J connectivity index is 1.61. The number of nitrogens with zero attached hydrogens (tertiary/aromatic N) is 6. The van der Waals surface area contributed by atoms with Gasteiger partial charge < -0.3 is 9.32 Å². The van der Waals surface area contributed by atoms with Gasteiger partial charge in [-0.2, -0.15) is 4.52 Å². The number of tetrazole rings is 1. The summed E-state index contributed by atoms with van der Waals surface area (Å²) in [4.78, 5) is 19.1. The summed E-state index contributed by atoms with van der Waals surface area (Å²) in [6.07, 6.45) is 4.96. The van der Waals surface area contributed by atoms with E-state index in [9.17, 15) is 4.79 Å². The van der Waals surface area contributed by atoms with Crippen molar-refractivity contribution in [3.63, 3.8) is 0 Å². The molecule has 0 spiro atoms. The monoisotopic (exact) mass is 412 g/mol. The first kappa shape index (κ1) is 18.9. The number of amides is 1. The molecule has 8 nitrogen and oxygen atoms in total. The van der Waals surface area contributed by atoms with Gasteiger partial charge in [0.2, 0.25) is 0 Å². The van der Waals surface area contributed by atoms with E-state index in [-0.39, 0.29) is 11.7 Å². The van der Waals surface area contributed by atoms with Crippen LogP contribution >= 0.6 is 0 Å². The van der Waals surface area contributed by atoms with Gasteiger partial charge in [-0.05, 0) is 65.7 Å². The highest BCUT2D eigenvalue weighted by atomic mass is 16.3. The van der Waals surface area contributed by atoms with Crippen molar-refractivity contribution in [2.24, 2.45) is 0 Å². The van der Waals surface area contributed by atoms with Crippen LogP contribution in [0.1, 0.15) is 32.8 Å². The van der Waals surface area contributed by atoms with Gasteiger partial charge in [-0.15, -0.1) is 5.10 Å². The maximum atomic E-state index is 13.2. The van der Waals surface area contributed by atoms with Crippen molar-refractivity contribution in [3.8, 4) is 0 Å². The Morgan fingerprint density at radius 1 is 1.13 bits per heavy atom. The molecule has 1 aromatic carbocycles. The number of carbonyl (C=O) groups excluding carboxylic acids is 1. The molecule has 0 radical (unpaired) electrons. The summed E-state index contributed by atoms with van der Waals surface area (Å²) >= 11 is 0. The van der Waals surface area contributed by atoms with Crippen LogP contribution in [0.15, 0.2) is 65.5 Å². The van der Waals surface area contributed by atoms with Crippen LogP contribution in [-0.2, 0) is 13.1 Å². The lowest BCUT2D eigenvalue weighted by atomic mass is 10.0. The third kappa shape index (κ3) is 3.52. The predicted octanol–water partition coefficient (Wildman–Crippen LogP) is 3.72. The van der Waals surface area contributed by atoms with Crippen LogP contribution in [0.2, 0.25) is 0 Å². The van der Waals surface area contributed by atoms with Crippen molar-refractivity contribution in [3.05, 3.63) is 89.1 Å². The standard InChI is InChI=1S/C23H20N6O2/c1-15-9-16(2)21-18(10-15)11-19(22-25-26-27-29(21)22)14-28(13-17-5-3-7-24-12-17)23(30)20-6-4-8-31-20/h3-12H,13-14H2,1-2H3. The highest BCUT2D eigenvalue weighted by molar-refractivity contribution is 5.92. The van der Waals surface area contributed by atoms with Crippen molar-refractivity contribution >= 4 is 22.5 Å². The van der Waals surface area contributed by atoms with Gasteiger partial charge in [-0.3, -0.25) is 9.78 Å². The second kappa shape index (κ2) is 7.64. The van der Waals surface area contributed by atoms with E-state index >= 15 is 0 Å². The summed E-state index contributed by atoms with van der Waals surface area (Å²) in [6.45, 7) is 4.81. The number of aromatic nitrogens is 5. The van der Waals surface area contributed by atoms with Gasteiger partial charge >= 0.3 is 0 Å². The number of fused-ring (bicyclic) bond motifs is 3. The fourth-order valence-corrected chi connectivity index (χ4v) is 3.97. The zero-order chi connectivity index (χ0) is 21.4. The van der Waals surface area contributed by atoms with Crippen molar-refractivity contribution in [2.75, 3.05) is 0 Å². The Morgan fingerprint density at radius 2 is 2.03 bits per heavy atom. The Kier molecular flexibility index (Phi) is 4.66. The van der Waals surface area contributed by atoms with Crippen LogP contribution in [0.25, 0.3) is 16.6 Å². The van der Waals surface area contributed by atoms with E-state index in [0.29, 0.717) is 18.7 Å². The molecule has 0 saturated carbocycles. The summed E-state index contributed by atoms with van der Waals surface area (Å²) < 4.78 is 7.12. The minimum absolute atomic E-state index is 0.208. The first-order valence-corrected chi connectivity index (χ1v) is 9.93. The quantitative estimate of drug-likeness (QED) is 0.437. The number of benzene rings is 1. The molecule has 154 valence electrons. The van der Waals surface area contributed by atoms with Crippen LogP contribution in [-0.4, -0.2) is 35.8 Å². The second-order valence-corrected chi connectivity index (χ2v) is 7.60. The third-order valence-electron chi connectivity index (χ3n) is 5.25. The lowest BCUT2D eigenvalue weighted by Gasteiger charge is -2.22. The van der Waals surface area contributed by atoms with Gasteiger partial charge in [0.15, 0.2) is 11.4 Å². The molecule has 0 aliphatic carbocycles. The molecule has 0 aliphatic rings. The summed E-state index contributed by atoms with van der Waals surface area (Å²) in [5.41, 5.74) is 5.62. The summed E-state index contributed by atoms with van der Waals surface area (Å²) in [6, 6.07) is 13.4. The van der Waals surface area contributed by atoms with Crippen LogP contribution in [0.5, 0.6) is 0 Å². The molecule has 0 aliphatic heterocycles. The average Bonchev–Trinajstić information content (AvgIpc) is 3.45. The Bertz CT molecular complexity index is 1380. The molecule has 5 rings (SSSR count). The van der Waals surface area contributed by atoms with Crippen LogP contribution in [0, 0.1) is 13.8 Å². The molecule has 1 amide bonds. The molecular formula is C23H20N6O2. The van der Waals surface area contributed by atoms with E-state index in [2.05, 4.69) is 45.6 Å². The van der Waals surface area contributed by atoms with Gasteiger partial charge in [0.05, 0.1) is 18.3 Å². The summed E-state index contributed by atoms with van der Waals surface area (Å²) in [5, 5.41) is 13.4. The molecule has 0 unspecified atom stereocenters. The van der Waals surface area contributed by atoms with Gasteiger partial charge in [-0.1, -0.05) is 17.7 Å². The van der Waals surface area contributed by atoms with Crippen LogP contribution in [0.4, 0.5) is 0 Å². The van der Waals surface area contributed by atoms with Crippen molar-refractivity contribution < 1.29 is 9.21 Å². The lowest BCUT2D eigenvalue weighted by molar-refractivity contribution is 0.0698. The zero-order valence-electron chi connectivity index (χ0n) is 17.2. The highest BCUT2D eigenvalue weighted by Crippen LogP contribution is 2.25. The van der Waals surface area contributed by atoms with Crippen molar-refractivity contribution in [1.29, 1.82) is 0 Å². The number of furan rings is 1. The number of carbonyl (C=O) groups is 1. The molecule has 5 aromatic rings. The molecule has 0 saturated heterocycles. The fraction of sp³-hybridized carbons (Fsp3) is 0.174. The second-order valence-electron chi connectivity index (χ2n) is 7.60. The molecule has 4 aromatic heterocycles. The van der Waals surface area contributed by atoms with Gasteiger partial charge in [0.25, 0.3) is 5.91 Å². The minimum atomic E-state index is -0.208. The van der Waals surface area contributed by atoms with E-state index in [0.717, 1.165) is 33.2 Å². The molecular weight excluding hydrogens is 392 g/mol. The Labute approximate surface area is 178 Å². The van der Waals surface area contributed by atoms with E-state index in [4.69, 9.17) is 4.42 Å². The molecule has 0 N–H and O–H groups in total. The van der Waals surface area contributed by atoms with Gasteiger partial charge in [0, 0.05) is 29.9 Å². The summed E-state index contributed by atoms with van der Waals surface area (Å²) in [5.74, 6) is 0.0759. The molecule has 0 fully saturated rings. The highest BCUT2D eigenvalue weighted by Gasteiger charge is 2.22. The fourth-order valence-electron chi connectivity index (χ4n) is 3.97. The molecule has 8 heteroatoms. The number of hydrogen-bond acceptors (Lipinski definition) is 6. The maximum Gasteiger partial charge on any atom is 0.290 e. The number of pyridine rings is 2. The number of hydrogen-bond donors (Lipinski definition) is 0. The normalized spacial score (nSPS) is 11.3. The number of rotatable bonds is 5. The van der Waals surface area contributed by atoms with E-state index in [1.807, 2.05) is 19.1 Å². The zero-order valence-corrected chi connectivity index (χ0v) is 17.2. The first-order chi connectivity index (χ1) is 15.1. The van der Waals surface area contributed by atoms with Gasteiger partial charge in [0.1, 0.15) is 0 Å². The topological polar surface area (TPSA) is 89.4 Å². The van der Waals surface area contributed by atoms with Gasteiger partial charge in [-0.25, -0.2) is 0 Å². The number of aryl methyl sites for hydroxylation is 2. The molecule has 0 bridgehead atoms. The van der Waals surface area contributed by atoms with E-state index in [1.165, 1.54) is 6.26 Å². The van der Waals surface area contributed by atoms with E-state index < -0.39 is 0 Å². The summed E-state index contributed by atoms with van der Waals surface area (Å²) in [7, 11) is 0. The van der Waals surface area contributed by atoms with Crippen LogP contribution in [0.3, 0.4) is 0 Å². The molecule has 0 atom stereocenters.